The molecule has 84 valence electrons. The number of aryl methyl sites for hydroxylation is 1. The number of hydrogen-bond acceptors (Lipinski definition) is 3. The molecule has 1 aromatic heterocycles. The molecule has 1 atom stereocenters. The standard InChI is InChI=1S/C12H19NS2/c1-9-6-10(7-14-9)12(13)8-15-11-4-2-3-5-11/h6-7,11-12H,2-5,8,13H2,1H3. The zero-order valence-corrected chi connectivity index (χ0v) is 10.9. The highest BCUT2D eigenvalue weighted by Crippen LogP contribution is 2.32. The Morgan fingerprint density at radius 3 is 2.87 bits per heavy atom. The van der Waals surface area contributed by atoms with Crippen LogP contribution in [0.25, 0.3) is 0 Å². The Morgan fingerprint density at radius 1 is 1.53 bits per heavy atom. The number of thioether (sulfide) groups is 1. The minimum atomic E-state index is 0.237. The lowest BCUT2D eigenvalue weighted by atomic mass is 10.2. The number of thiophene rings is 1. The van der Waals surface area contributed by atoms with Crippen molar-refractivity contribution in [2.75, 3.05) is 5.75 Å². The molecule has 1 nitrogen and oxygen atoms in total. The van der Waals surface area contributed by atoms with Crippen molar-refractivity contribution in [3.63, 3.8) is 0 Å². The lowest BCUT2D eigenvalue weighted by Crippen LogP contribution is -2.13. The summed E-state index contributed by atoms with van der Waals surface area (Å²) in [5, 5.41) is 3.09. The van der Waals surface area contributed by atoms with Crippen molar-refractivity contribution < 1.29 is 0 Å². The maximum Gasteiger partial charge on any atom is 0.0395 e. The van der Waals surface area contributed by atoms with E-state index in [1.54, 1.807) is 11.3 Å². The van der Waals surface area contributed by atoms with Crippen molar-refractivity contribution in [2.45, 2.75) is 43.9 Å². The molecule has 1 aliphatic rings. The van der Waals surface area contributed by atoms with E-state index in [1.165, 1.54) is 36.1 Å². The van der Waals surface area contributed by atoms with Gasteiger partial charge in [0.1, 0.15) is 0 Å². The first kappa shape index (κ1) is 11.5. The molecule has 0 spiro atoms. The van der Waals surface area contributed by atoms with Crippen molar-refractivity contribution >= 4 is 23.1 Å². The molecular formula is C12H19NS2. The fraction of sp³-hybridized carbons (Fsp3) is 0.667. The van der Waals surface area contributed by atoms with E-state index in [1.807, 2.05) is 0 Å². The second kappa shape index (κ2) is 5.37. The molecule has 1 unspecified atom stereocenters. The fourth-order valence-corrected chi connectivity index (χ4v) is 4.16. The molecule has 2 rings (SSSR count). The summed E-state index contributed by atoms with van der Waals surface area (Å²) in [7, 11) is 0. The van der Waals surface area contributed by atoms with Crippen LogP contribution in [0.5, 0.6) is 0 Å². The summed E-state index contributed by atoms with van der Waals surface area (Å²) < 4.78 is 0. The highest BCUT2D eigenvalue weighted by molar-refractivity contribution is 7.99. The van der Waals surface area contributed by atoms with Crippen LogP contribution in [0, 0.1) is 6.92 Å². The van der Waals surface area contributed by atoms with Crippen molar-refractivity contribution in [2.24, 2.45) is 5.73 Å². The molecule has 15 heavy (non-hydrogen) atoms. The highest BCUT2D eigenvalue weighted by atomic mass is 32.2. The van der Waals surface area contributed by atoms with Gasteiger partial charge in [-0.2, -0.15) is 11.8 Å². The van der Waals surface area contributed by atoms with Gasteiger partial charge in [-0.25, -0.2) is 0 Å². The maximum absolute atomic E-state index is 6.17. The van der Waals surface area contributed by atoms with Crippen molar-refractivity contribution in [3.05, 3.63) is 21.9 Å². The lowest BCUT2D eigenvalue weighted by molar-refractivity contribution is 0.823. The van der Waals surface area contributed by atoms with Gasteiger partial charge in [0.2, 0.25) is 0 Å². The molecule has 0 aromatic carbocycles. The third-order valence-corrected chi connectivity index (χ3v) is 5.37. The minimum Gasteiger partial charge on any atom is -0.323 e. The van der Waals surface area contributed by atoms with Gasteiger partial charge in [0.15, 0.2) is 0 Å². The van der Waals surface area contributed by atoms with Gasteiger partial charge in [0.05, 0.1) is 0 Å². The van der Waals surface area contributed by atoms with Crippen LogP contribution in [0.4, 0.5) is 0 Å². The third kappa shape index (κ3) is 3.23. The second-order valence-corrected chi connectivity index (χ2v) is 6.79. The van der Waals surface area contributed by atoms with Crippen LogP contribution in [0.1, 0.15) is 42.2 Å². The van der Waals surface area contributed by atoms with Crippen molar-refractivity contribution in [1.29, 1.82) is 0 Å². The molecule has 0 radical (unpaired) electrons. The topological polar surface area (TPSA) is 26.0 Å². The molecule has 1 heterocycles. The van der Waals surface area contributed by atoms with Gasteiger partial charge in [0, 0.05) is 21.9 Å². The molecule has 3 heteroatoms. The molecule has 0 saturated heterocycles. The summed E-state index contributed by atoms with van der Waals surface area (Å²) in [6, 6.07) is 2.46. The number of nitrogens with two attached hydrogens (primary N) is 1. The van der Waals surface area contributed by atoms with Crippen LogP contribution in [0.15, 0.2) is 11.4 Å². The molecule has 1 aliphatic carbocycles. The Labute approximate surface area is 100 Å². The van der Waals surface area contributed by atoms with E-state index in [-0.39, 0.29) is 6.04 Å². The van der Waals surface area contributed by atoms with E-state index < -0.39 is 0 Å². The lowest BCUT2D eigenvalue weighted by Gasteiger charge is -2.13. The van der Waals surface area contributed by atoms with Gasteiger partial charge < -0.3 is 5.73 Å². The normalized spacial score (nSPS) is 19.6. The summed E-state index contributed by atoms with van der Waals surface area (Å²) in [6.45, 7) is 2.14. The van der Waals surface area contributed by atoms with Crippen LogP contribution >= 0.6 is 23.1 Å². The highest BCUT2D eigenvalue weighted by Gasteiger charge is 2.17. The number of hydrogen-bond donors (Lipinski definition) is 1. The van der Waals surface area contributed by atoms with Gasteiger partial charge in [-0.15, -0.1) is 11.3 Å². The SMILES string of the molecule is Cc1cc(C(N)CSC2CCCC2)cs1. The van der Waals surface area contributed by atoms with Gasteiger partial charge in [0.25, 0.3) is 0 Å². The molecule has 1 fully saturated rings. The van der Waals surface area contributed by atoms with Gasteiger partial charge in [-0.3, -0.25) is 0 Å². The quantitative estimate of drug-likeness (QED) is 0.869. The van der Waals surface area contributed by atoms with E-state index in [0.717, 1.165) is 11.0 Å². The predicted molar refractivity (Wildman–Crippen MR) is 70.7 cm³/mol. The molecule has 1 saturated carbocycles. The van der Waals surface area contributed by atoms with Crippen LogP contribution < -0.4 is 5.73 Å². The third-order valence-electron chi connectivity index (χ3n) is 2.99. The zero-order valence-electron chi connectivity index (χ0n) is 9.24. The second-order valence-electron chi connectivity index (χ2n) is 4.34. The summed E-state index contributed by atoms with van der Waals surface area (Å²) >= 11 is 3.88. The molecule has 2 N–H and O–H groups in total. The Morgan fingerprint density at radius 2 is 2.27 bits per heavy atom. The molecule has 0 aliphatic heterocycles. The summed E-state index contributed by atoms with van der Waals surface area (Å²) in [4.78, 5) is 1.37. The minimum absolute atomic E-state index is 0.237. The Hall–Kier alpha value is 0.01000. The van der Waals surface area contributed by atoms with E-state index in [4.69, 9.17) is 5.73 Å². The van der Waals surface area contributed by atoms with Gasteiger partial charge in [-0.1, -0.05) is 12.8 Å². The predicted octanol–water partition coefficient (Wildman–Crippen LogP) is 3.73. The van der Waals surface area contributed by atoms with E-state index in [0.29, 0.717) is 0 Å². The number of rotatable bonds is 4. The van der Waals surface area contributed by atoms with Crippen molar-refractivity contribution in [1.82, 2.24) is 0 Å². The summed E-state index contributed by atoms with van der Waals surface area (Å²) in [6.07, 6.45) is 5.65. The van der Waals surface area contributed by atoms with E-state index in [2.05, 4.69) is 30.1 Å². The average Bonchev–Trinajstić information content (AvgIpc) is 2.84. The molecular weight excluding hydrogens is 222 g/mol. The Bertz CT molecular complexity index is 302. The summed E-state index contributed by atoms with van der Waals surface area (Å²) in [5.41, 5.74) is 7.49. The van der Waals surface area contributed by atoms with E-state index in [9.17, 15) is 0 Å². The largest absolute Gasteiger partial charge is 0.323 e. The zero-order chi connectivity index (χ0) is 10.7. The van der Waals surface area contributed by atoms with Crippen LogP contribution in [0.2, 0.25) is 0 Å². The smallest absolute Gasteiger partial charge is 0.0395 e. The Kier molecular flexibility index (Phi) is 4.12. The van der Waals surface area contributed by atoms with Crippen LogP contribution in [-0.4, -0.2) is 11.0 Å². The van der Waals surface area contributed by atoms with E-state index >= 15 is 0 Å². The first-order valence-electron chi connectivity index (χ1n) is 5.68. The van der Waals surface area contributed by atoms with Crippen molar-refractivity contribution in [3.8, 4) is 0 Å². The molecule has 0 amide bonds. The molecule has 0 bridgehead atoms. The first-order valence-corrected chi connectivity index (χ1v) is 7.61. The first-order chi connectivity index (χ1) is 7.25. The fourth-order valence-electron chi connectivity index (χ4n) is 2.05. The van der Waals surface area contributed by atoms with Gasteiger partial charge >= 0.3 is 0 Å². The maximum atomic E-state index is 6.17. The average molecular weight is 241 g/mol. The monoisotopic (exact) mass is 241 g/mol. The summed E-state index contributed by atoms with van der Waals surface area (Å²) in [5.74, 6) is 1.08. The molecule has 1 aromatic rings. The van der Waals surface area contributed by atoms with Crippen LogP contribution in [-0.2, 0) is 0 Å². The van der Waals surface area contributed by atoms with Gasteiger partial charge in [-0.05, 0) is 36.8 Å². The van der Waals surface area contributed by atoms with Crippen LogP contribution in [0.3, 0.4) is 0 Å². The Balaban J connectivity index is 1.79.